The number of unbranched alkanes of at least 4 members (excludes halogenated alkanes) is 2. The molecule has 14 heteroatoms. The largest absolute Gasteiger partial charge is 0.469 e. The van der Waals surface area contributed by atoms with Crippen LogP contribution in [0.1, 0.15) is 134 Å². The highest BCUT2D eigenvalue weighted by Crippen LogP contribution is 2.69. The molecule has 4 aliphatic carbocycles. The van der Waals surface area contributed by atoms with E-state index in [-0.39, 0.29) is 41.7 Å². The van der Waals surface area contributed by atoms with Crippen LogP contribution in [0.2, 0.25) is 0 Å². The molecule has 3 aromatic rings. The molecule has 0 radical (unpaired) electrons. The van der Waals surface area contributed by atoms with E-state index in [4.69, 9.17) is 15.2 Å². The summed E-state index contributed by atoms with van der Waals surface area (Å²) in [5, 5.41) is 41.1. The van der Waals surface area contributed by atoms with E-state index in [0.29, 0.717) is 71.4 Å². The Morgan fingerprint density at radius 1 is 1.07 bits per heavy atom. The molecule has 4 heterocycles. The minimum atomic E-state index is -0.807. The van der Waals surface area contributed by atoms with Gasteiger partial charge in [0, 0.05) is 25.5 Å². The van der Waals surface area contributed by atoms with Gasteiger partial charge in [-0.2, -0.15) is 0 Å². The fourth-order valence-electron chi connectivity index (χ4n) is 12.7. The minimum Gasteiger partial charge on any atom is -0.469 e. The zero-order chi connectivity index (χ0) is 40.1. The van der Waals surface area contributed by atoms with Crippen molar-refractivity contribution in [1.82, 2.24) is 34.5 Å². The van der Waals surface area contributed by atoms with E-state index in [1.807, 2.05) is 0 Å². The van der Waals surface area contributed by atoms with Gasteiger partial charge in [0.25, 0.3) is 0 Å². The van der Waals surface area contributed by atoms with E-state index in [1.165, 1.54) is 39.1 Å². The lowest BCUT2D eigenvalue weighted by Crippen LogP contribution is -2.58. The maximum absolute atomic E-state index is 11.9. The predicted molar refractivity (Wildman–Crippen MR) is 212 cm³/mol. The van der Waals surface area contributed by atoms with E-state index in [0.717, 1.165) is 57.1 Å². The molecule has 1 aliphatic heterocycles. The molecule has 0 unspecified atom stereocenters. The first-order valence-corrected chi connectivity index (χ1v) is 21.5. The Morgan fingerprint density at radius 2 is 1.88 bits per heavy atom. The van der Waals surface area contributed by atoms with Crippen molar-refractivity contribution in [3.8, 4) is 11.8 Å². The molecule has 310 valence electrons. The van der Waals surface area contributed by atoms with Gasteiger partial charge < -0.3 is 30.5 Å². The maximum atomic E-state index is 11.9. The Labute approximate surface area is 335 Å². The highest BCUT2D eigenvalue weighted by molar-refractivity contribution is 5.82. The minimum absolute atomic E-state index is 0.112. The van der Waals surface area contributed by atoms with Crippen molar-refractivity contribution in [2.75, 3.05) is 19.5 Å². The standard InChI is InChI=1S/C43H62N8O6/c1-25(11-14-37(55)56-4)29-12-13-30-38-31(16-18-43(29,30)3)42(2)17-15-28(19-26(42)20-33(38)54)50-22-27(48-49-50)9-7-5-6-8-10-35-47-39-40(44)45-24-46-41(39)51(35)36-21-32(53)34(23-52)57-36/h22,24-26,28-34,36,38,52-54H,5-7,9,11-21,23H2,1-4H3,(H2,44,45,46)/t25-,26+,28-,29-,30+,31+,32+,33-,34-,36-,38+,42+,43-/m1/s1. The number of aromatic nitrogens is 7. The molecule has 14 nitrogen and oxygen atoms in total. The lowest BCUT2D eigenvalue weighted by atomic mass is 9.43. The number of nitrogens with zero attached hydrogens (tertiary/aromatic N) is 7. The van der Waals surface area contributed by atoms with Gasteiger partial charge in [-0.25, -0.2) is 19.6 Å². The first kappa shape index (κ1) is 40.2. The van der Waals surface area contributed by atoms with Gasteiger partial charge in [0.1, 0.15) is 18.7 Å². The van der Waals surface area contributed by atoms with Crippen molar-refractivity contribution in [1.29, 1.82) is 0 Å². The normalized spacial score (nSPS) is 36.5. The number of esters is 1. The lowest BCUT2D eigenvalue weighted by molar-refractivity contribution is -0.169. The van der Waals surface area contributed by atoms with Crippen LogP contribution in [0.15, 0.2) is 12.5 Å². The number of anilines is 1. The van der Waals surface area contributed by atoms with Gasteiger partial charge in [0.2, 0.25) is 0 Å². The second-order valence-corrected chi connectivity index (χ2v) is 18.6. The van der Waals surface area contributed by atoms with Crippen LogP contribution < -0.4 is 5.73 Å². The molecule has 0 bridgehead atoms. The number of aliphatic hydroxyl groups excluding tert-OH is 3. The molecule has 0 aromatic carbocycles. The van der Waals surface area contributed by atoms with Gasteiger partial charge >= 0.3 is 5.97 Å². The van der Waals surface area contributed by atoms with E-state index in [2.05, 4.69) is 68.8 Å². The number of imidazole rings is 1. The zero-order valence-corrected chi connectivity index (χ0v) is 34.1. The molecule has 57 heavy (non-hydrogen) atoms. The van der Waals surface area contributed by atoms with Crippen LogP contribution in [0, 0.1) is 58.2 Å². The number of ether oxygens (including phenoxy) is 2. The second kappa shape index (κ2) is 16.2. The Kier molecular flexibility index (Phi) is 11.4. The van der Waals surface area contributed by atoms with Crippen molar-refractivity contribution in [2.24, 2.45) is 46.3 Å². The van der Waals surface area contributed by atoms with Crippen molar-refractivity contribution >= 4 is 23.0 Å². The fourth-order valence-corrected chi connectivity index (χ4v) is 12.7. The number of aliphatic hydroxyl groups is 3. The topological polar surface area (TPSA) is 197 Å². The number of methoxy groups -OCH3 is 1. The molecule has 8 rings (SSSR count). The average Bonchev–Trinajstić information content (AvgIpc) is 3.99. The summed E-state index contributed by atoms with van der Waals surface area (Å²) in [6.45, 7) is 7.10. The molecule has 1 saturated heterocycles. The first-order valence-electron chi connectivity index (χ1n) is 21.5. The van der Waals surface area contributed by atoms with Gasteiger partial charge in [-0.15, -0.1) is 5.10 Å². The van der Waals surface area contributed by atoms with Gasteiger partial charge in [0.05, 0.1) is 37.7 Å². The molecule has 5 aliphatic rings. The van der Waals surface area contributed by atoms with Crippen molar-refractivity contribution in [3.63, 3.8) is 0 Å². The monoisotopic (exact) mass is 786 g/mol. The molecule has 5 N–H and O–H groups in total. The van der Waals surface area contributed by atoms with E-state index in [1.54, 1.807) is 4.57 Å². The van der Waals surface area contributed by atoms with Gasteiger partial charge in [-0.3, -0.25) is 9.36 Å². The number of nitrogens with two attached hydrogens (primary N) is 1. The quantitative estimate of drug-likeness (QED) is 0.113. The predicted octanol–water partition coefficient (Wildman–Crippen LogP) is 5.17. The highest BCUT2D eigenvalue weighted by atomic mass is 16.5. The van der Waals surface area contributed by atoms with Crippen LogP contribution in [0.3, 0.4) is 0 Å². The SMILES string of the molecule is COC(=O)CC[C@@H](C)[C@H]1CC[C@H]2[C@@H]3[C@H](O)C[C@@H]4C[C@H](n5cc(CCCCC#Cc6nc7c(N)ncnc7n6[C@H]6C[C@H](O)[C@@H](CO)O6)nn5)CC[C@]4(C)[C@H]3CC[C@]12C. The smallest absolute Gasteiger partial charge is 0.305 e. The fraction of sp³-hybridized carbons (Fsp3) is 0.767. The molecular weight excluding hydrogens is 725 g/mol. The number of aryl methyl sites for hydroxylation is 1. The van der Waals surface area contributed by atoms with Crippen LogP contribution in [0.5, 0.6) is 0 Å². The van der Waals surface area contributed by atoms with Crippen molar-refractivity contribution in [3.05, 3.63) is 24.0 Å². The Balaban J connectivity index is 0.851. The molecule has 0 amide bonds. The third-order valence-electron chi connectivity index (χ3n) is 15.7. The zero-order valence-electron chi connectivity index (χ0n) is 34.1. The molecule has 4 saturated carbocycles. The molecular formula is C43H62N8O6. The van der Waals surface area contributed by atoms with Crippen LogP contribution in [-0.2, 0) is 20.7 Å². The van der Waals surface area contributed by atoms with Crippen LogP contribution in [0.25, 0.3) is 11.2 Å². The average molecular weight is 787 g/mol. The Bertz CT molecular complexity index is 1970. The van der Waals surface area contributed by atoms with Gasteiger partial charge in [-0.05, 0) is 129 Å². The summed E-state index contributed by atoms with van der Waals surface area (Å²) in [5.41, 5.74) is 8.46. The number of hydrogen-bond acceptors (Lipinski definition) is 12. The number of nitrogen functional groups attached to an aromatic ring is 1. The Morgan fingerprint density at radius 3 is 2.67 bits per heavy atom. The summed E-state index contributed by atoms with van der Waals surface area (Å²) in [4.78, 5) is 24.9. The number of hydrogen-bond donors (Lipinski definition) is 4. The summed E-state index contributed by atoms with van der Waals surface area (Å²) in [6, 6.07) is 0.301. The van der Waals surface area contributed by atoms with Crippen LogP contribution >= 0.6 is 0 Å². The first-order chi connectivity index (χ1) is 27.4. The molecule has 5 fully saturated rings. The van der Waals surface area contributed by atoms with Crippen molar-refractivity contribution < 1.29 is 29.6 Å². The van der Waals surface area contributed by atoms with Crippen LogP contribution in [0.4, 0.5) is 5.82 Å². The summed E-state index contributed by atoms with van der Waals surface area (Å²) in [5.74, 6) is 10.00. The van der Waals surface area contributed by atoms with Gasteiger partial charge in [0.15, 0.2) is 22.8 Å². The van der Waals surface area contributed by atoms with E-state index in [9.17, 15) is 20.1 Å². The lowest BCUT2D eigenvalue weighted by Gasteiger charge is -2.62. The van der Waals surface area contributed by atoms with Crippen molar-refractivity contribution in [2.45, 2.75) is 148 Å². The Hall–Kier alpha value is -3.64. The highest BCUT2D eigenvalue weighted by Gasteiger charge is 2.63. The number of carbonyl (C=O) groups excluding carboxylic acids is 1. The second-order valence-electron chi connectivity index (χ2n) is 18.6. The number of fused-ring (bicyclic) bond motifs is 6. The summed E-state index contributed by atoms with van der Waals surface area (Å²) in [6.07, 6.45) is 15.1. The van der Waals surface area contributed by atoms with Crippen LogP contribution in [-0.4, -0.2) is 87.8 Å². The molecule has 0 spiro atoms. The number of carbonyl (C=O) groups is 1. The maximum Gasteiger partial charge on any atom is 0.305 e. The third kappa shape index (κ3) is 7.36. The van der Waals surface area contributed by atoms with E-state index < -0.39 is 18.4 Å². The molecule has 13 atom stereocenters. The van der Waals surface area contributed by atoms with Gasteiger partial charge in [-0.1, -0.05) is 31.9 Å². The third-order valence-corrected chi connectivity index (χ3v) is 15.7. The summed E-state index contributed by atoms with van der Waals surface area (Å²) in [7, 11) is 1.48. The molecule has 3 aromatic heterocycles. The summed E-state index contributed by atoms with van der Waals surface area (Å²) < 4.78 is 14.7. The number of rotatable bonds is 11. The summed E-state index contributed by atoms with van der Waals surface area (Å²) >= 11 is 0. The van der Waals surface area contributed by atoms with E-state index >= 15 is 0 Å².